The van der Waals surface area contributed by atoms with Gasteiger partial charge >= 0.3 is 5.97 Å². The Bertz CT molecular complexity index is 1340. The number of hydrogen-bond acceptors (Lipinski definition) is 7. The van der Waals surface area contributed by atoms with Crippen LogP contribution in [-0.2, 0) is 14.4 Å². The molecule has 2 saturated carbocycles. The first-order valence-electron chi connectivity index (χ1n) is 14.9. The Morgan fingerprint density at radius 3 is 2.25 bits per heavy atom. The van der Waals surface area contributed by atoms with Crippen molar-refractivity contribution in [2.75, 3.05) is 6.61 Å². The minimum atomic E-state index is -1.26. The van der Waals surface area contributed by atoms with Crippen LogP contribution in [0.2, 0.25) is 0 Å². The average Bonchev–Trinajstić information content (AvgIpc) is 3.09. The third-order valence-corrected chi connectivity index (χ3v) is 9.74. The Hall–Kier alpha value is -3.27. The highest BCUT2D eigenvalue weighted by Gasteiger charge is 2.45. The molecule has 0 radical (unpaired) electrons. The molecule has 214 valence electrons. The second-order valence-corrected chi connectivity index (χ2v) is 12.3. The number of nitrogens with zero attached hydrogens (tertiary/aromatic N) is 4. The summed E-state index contributed by atoms with van der Waals surface area (Å²) < 4.78 is 1.79. The lowest BCUT2D eigenvalue weighted by molar-refractivity contribution is -0.142. The summed E-state index contributed by atoms with van der Waals surface area (Å²) in [6.45, 7) is -0.761. The molecule has 6 rings (SSSR count). The predicted molar refractivity (Wildman–Crippen MR) is 150 cm³/mol. The summed E-state index contributed by atoms with van der Waals surface area (Å²) in [5.74, 6) is -0.544. The number of para-hydroxylation sites is 2. The van der Waals surface area contributed by atoms with E-state index in [-0.39, 0.29) is 11.7 Å². The average molecular weight is 550 g/mol. The molecule has 4 aliphatic rings. The van der Waals surface area contributed by atoms with Crippen LogP contribution in [0.1, 0.15) is 88.8 Å². The fourth-order valence-electron chi connectivity index (χ4n) is 8.33. The van der Waals surface area contributed by atoms with Crippen LogP contribution in [0.4, 0.5) is 0 Å². The van der Waals surface area contributed by atoms with Crippen molar-refractivity contribution in [3.8, 4) is 0 Å². The van der Waals surface area contributed by atoms with Crippen LogP contribution in [0.15, 0.2) is 34.2 Å². The second-order valence-electron chi connectivity index (χ2n) is 12.3. The number of carboxylic acids is 1. The van der Waals surface area contributed by atoms with Gasteiger partial charge in [-0.3, -0.25) is 14.5 Å². The summed E-state index contributed by atoms with van der Waals surface area (Å²) in [4.78, 5) is 49.3. The van der Waals surface area contributed by atoms with Gasteiger partial charge in [0.15, 0.2) is 11.4 Å². The van der Waals surface area contributed by atoms with Crippen LogP contribution in [-0.4, -0.2) is 61.9 Å². The lowest BCUT2D eigenvalue weighted by atomic mass is 9.73. The maximum Gasteiger partial charge on any atom is 0.344 e. The maximum atomic E-state index is 14.0. The van der Waals surface area contributed by atoms with Crippen molar-refractivity contribution in [1.29, 1.82) is 0 Å². The number of aromatic nitrogens is 2. The van der Waals surface area contributed by atoms with E-state index >= 15 is 0 Å². The van der Waals surface area contributed by atoms with E-state index < -0.39 is 29.8 Å². The number of carboxylic acid groups (broad SMARTS) is 1. The highest BCUT2D eigenvalue weighted by atomic mass is 16.6. The molecule has 40 heavy (non-hydrogen) atoms. The first-order chi connectivity index (χ1) is 19.4. The minimum Gasteiger partial charge on any atom is -0.479 e. The molecular formula is C30H39N5O5. The van der Waals surface area contributed by atoms with Crippen LogP contribution >= 0.6 is 0 Å². The number of oxime groups is 1. The number of fused-ring (bicyclic) bond motifs is 5. The third kappa shape index (κ3) is 5.25. The summed E-state index contributed by atoms with van der Waals surface area (Å²) in [5, 5.41) is 12.5. The fraction of sp³-hybridized carbons (Fsp3) is 0.633. The first kappa shape index (κ1) is 26.9. The number of primary amides is 1. The Balaban J connectivity index is 1.35. The quantitative estimate of drug-likeness (QED) is 0.397. The lowest BCUT2D eigenvalue weighted by Gasteiger charge is -2.54. The molecule has 3 unspecified atom stereocenters. The first-order valence-corrected chi connectivity index (χ1v) is 14.9. The molecule has 2 aliphatic heterocycles. The van der Waals surface area contributed by atoms with Crippen molar-refractivity contribution in [2.24, 2.45) is 22.7 Å². The number of aliphatic carboxylic acids is 1. The highest BCUT2D eigenvalue weighted by molar-refractivity contribution is 6.44. The summed E-state index contributed by atoms with van der Waals surface area (Å²) in [6.07, 6.45) is 14.8. The monoisotopic (exact) mass is 549 g/mol. The van der Waals surface area contributed by atoms with Gasteiger partial charge in [-0.1, -0.05) is 49.4 Å². The Morgan fingerprint density at radius 2 is 1.60 bits per heavy atom. The molecule has 1 aromatic carbocycles. The third-order valence-electron chi connectivity index (χ3n) is 9.74. The van der Waals surface area contributed by atoms with Crippen LogP contribution in [0.5, 0.6) is 0 Å². The van der Waals surface area contributed by atoms with Gasteiger partial charge in [0.2, 0.25) is 6.61 Å². The van der Waals surface area contributed by atoms with E-state index in [9.17, 15) is 14.4 Å². The Kier molecular flexibility index (Phi) is 7.61. The Labute approximate surface area is 233 Å². The molecule has 5 atom stereocenters. The second kappa shape index (κ2) is 11.3. The van der Waals surface area contributed by atoms with Gasteiger partial charge in [0.25, 0.3) is 11.5 Å². The molecule has 10 heteroatoms. The lowest BCUT2D eigenvalue weighted by Crippen LogP contribution is -2.58. The molecule has 4 bridgehead atoms. The van der Waals surface area contributed by atoms with E-state index in [2.05, 4.69) is 15.0 Å². The number of amides is 1. The van der Waals surface area contributed by atoms with Crippen LogP contribution in [0, 0.1) is 11.8 Å². The van der Waals surface area contributed by atoms with Gasteiger partial charge in [-0.05, 0) is 68.9 Å². The van der Waals surface area contributed by atoms with Crippen molar-refractivity contribution < 1.29 is 19.5 Å². The van der Waals surface area contributed by atoms with E-state index in [1.807, 2.05) is 18.2 Å². The van der Waals surface area contributed by atoms with Crippen LogP contribution < -0.4 is 11.3 Å². The molecule has 2 saturated heterocycles. The van der Waals surface area contributed by atoms with E-state index in [0.717, 1.165) is 37.5 Å². The smallest absolute Gasteiger partial charge is 0.344 e. The van der Waals surface area contributed by atoms with Crippen molar-refractivity contribution >= 4 is 28.6 Å². The predicted octanol–water partition coefficient (Wildman–Crippen LogP) is 3.60. The van der Waals surface area contributed by atoms with Gasteiger partial charge in [0.05, 0.1) is 11.0 Å². The van der Waals surface area contributed by atoms with Gasteiger partial charge in [-0.25, -0.2) is 9.78 Å². The zero-order valence-electron chi connectivity index (χ0n) is 22.9. The van der Waals surface area contributed by atoms with E-state index in [1.54, 1.807) is 10.6 Å². The molecular weight excluding hydrogens is 510 g/mol. The Morgan fingerprint density at radius 1 is 0.925 bits per heavy atom. The van der Waals surface area contributed by atoms with E-state index in [1.165, 1.54) is 51.4 Å². The molecule has 4 fully saturated rings. The normalized spacial score (nSPS) is 30.9. The fourth-order valence-corrected chi connectivity index (χ4v) is 8.33. The minimum absolute atomic E-state index is 0.0503. The summed E-state index contributed by atoms with van der Waals surface area (Å²) in [6, 6.07) is 8.84. The summed E-state index contributed by atoms with van der Waals surface area (Å²) in [7, 11) is 0. The number of hydrogen-bond donors (Lipinski definition) is 2. The molecule has 1 aromatic heterocycles. The van der Waals surface area contributed by atoms with Gasteiger partial charge in [-0.2, -0.15) is 0 Å². The molecule has 3 N–H and O–H groups in total. The number of carbonyl (C=O) groups excluding carboxylic acids is 1. The van der Waals surface area contributed by atoms with Crippen molar-refractivity contribution in [3.63, 3.8) is 0 Å². The van der Waals surface area contributed by atoms with Gasteiger partial charge in [0, 0.05) is 24.2 Å². The largest absolute Gasteiger partial charge is 0.479 e. The number of piperidine rings is 2. The molecule has 3 heterocycles. The van der Waals surface area contributed by atoms with Gasteiger partial charge in [-0.15, -0.1) is 0 Å². The van der Waals surface area contributed by atoms with E-state index in [0.29, 0.717) is 29.2 Å². The molecule has 1 amide bonds. The number of benzene rings is 1. The number of carbonyl (C=O) groups is 2. The van der Waals surface area contributed by atoms with Crippen molar-refractivity contribution in [2.45, 2.75) is 101 Å². The topological polar surface area (TPSA) is 140 Å². The zero-order valence-corrected chi connectivity index (χ0v) is 22.9. The molecule has 2 aliphatic carbocycles. The molecule has 0 spiro atoms. The maximum absolute atomic E-state index is 14.0. The van der Waals surface area contributed by atoms with Crippen molar-refractivity contribution in [3.05, 3.63) is 40.3 Å². The molecule has 2 aromatic rings. The molecule has 10 nitrogen and oxygen atoms in total. The standard InChI is InChI=1S/C30H39N5O5/c31-29(38)27(33-40-17-26(36)37)28-30(39)35(25-11-4-3-10-24(25)32-28)23-15-20-8-5-9-21(16-23)34(20)22-13-18-6-1-2-7-19(12-18)14-22/h3-4,10-11,18-23H,1-2,5-9,12-17H2,(H2,31,38)(H,36,37)/b33-27-/t18?,19?,20-,21+,22?,23?. The zero-order chi connectivity index (χ0) is 27.8. The number of rotatable bonds is 7. The highest BCUT2D eigenvalue weighted by Crippen LogP contribution is 2.47. The summed E-state index contributed by atoms with van der Waals surface area (Å²) >= 11 is 0. The van der Waals surface area contributed by atoms with Crippen LogP contribution in [0.25, 0.3) is 11.0 Å². The van der Waals surface area contributed by atoms with Gasteiger partial charge in [0.1, 0.15) is 0 Å². The van der Waals surface area contributed by atoms with Gasteiger partial charge < -0.3 is 20.2 Å². The summed E-state index contributed by atoms with van der Waals surface area (Å²) in [5.41, 5.74) is 5.70. The van der Waals surface area contributed by atoms with Crippen molar-refractivity contribution in [1.82, 2.24) is 14.5 Å². The van der Waals surface area contributed by atoms with E-state index in [4.69, 9.17) is 15.7 Å². The SMILES string of the molecule is NC(=O)/C(=N\OCC(=O)O)c1nc2ccccc2n(C2C[C@H]3CCC[C@@H](C2)N3C2CC3CCCCC(C3)C2)c1=O. The number of nitrogens with two attached hydrogens (primary N) is 1. The van der Waals surface area contributed by atoms with Crippen LogP contribution in [0.3, 0.4) is 0 Å².